The van der Waals surface area contributed by atoms with Crippen molar-refractivity contribution < 1.29 is 43.3 Å². The zero-order chi connectivity index (χ0) is 19.0. The van der Waals surface area contributed by atoms with Gasteiger partial charge in [-0.2, -0.15) is 0 Å². The molecule has 0 rings (SSSR count). The summed E-state index contributed by atoms with van der Waals surface area (Å²) in [5.41, 5.74) is -1.10. The molecule has 0 spiro atoms. The quantitative estimate of drug-likeness (QED) is 0.196. The van der Waals surface area contributed by atoms with Crippen molar-refractivity contribution in [2.24, 2.45) is 0 Å². The predicted molar refractivity (Wildman–Crippen MR) is 88.4 cm³/mol. The van der Waals surface area contributed by atoms with Gasteiger partial charge < -0.3 is 34.3 Å². The van der Waals surface area contributed by atoms with Crippen LogP contribution in [-0.2, 0) is 9.13 Å². The Morgan fingerprint density at radius 1 is 0.875 bits per heavy atom. The van der Waals surface area contributed by atoms with Gasteiger partial charge in [-0.1, -0.05) is 12.8 Å². The van der Waals surface area contributed by atoms with E-state index in [0.29, 0.717) is 32.2 Å². The van der Waals surface area contributed by atoms with Crippen molar-refractivity contribution in [2.45, 2.75) is 25.7 Å². The number of amides is 1. The van der Waals surface area contributed by atoms with E-state index in [2.05, 4.69) is 0 Å². The minimum Gasteiger partial charge on any atom is -0.343 e. The minimum atomic E-state index is -4.50. The van der Waals surface area contributed by atoms with Crippen molar-refractivity contribution >= 4 is 29.2 Å². The van der Waals surface area contributed by atoms with Crippen LogP contribution in [-0.4, -0.2) is 77.5 Å². The first-order chi connectivity index (χ1) is 10.8. The highest BCUT2D eigenvalue weighted by molar-refractivity contribution is 7.64. The maximum atomic E-state index is 11.5. The molecule has 0 aliphatic rings. The Labute approximate surface area is 141 Å². The second kappa shape index (κ2) is 10.9. The van der Waals surface area contributed by atoms with E-state index in [9.17, 15) is 13.9 Å². The largest absolute Gasteiger partial charge is 0.344 e. The molecular formula is C10H25N2O9P3. The van der Waals surface area contributed by atoms with Gasteiger partial charge in [0.2, 0.25) is 0 Å². The lowest BCUT2D eigenvalue weighted by molar-refractivity contribution is 0.217. The van der Waals surface area contributed by atoms with Gasteiger partial charge in [0.25, 0.3) is 8.38 Å². The van der Waals surface area contributed by atoms with Crippen LogP contribution in [0, 0.1) is 0 Å². The van der Waals surface area contributed by atoms with Gasteiger partial charge in [0.15, 0.2) is 0 Å². The van der Waals surface area contributed by atoms with E-state index in [4.69, 9.17) is 29.4 Å². The topological polar surface area (TPSA) is 179 Å². The van der Waals surface area contributed by atoms with Crippen molar-refractivity contribution in [3.63, 3.8) is 0 Å². The van der Waals surface area contributed by atoms with Gasteiger partial charge in [0.1, 0.15) is 12.6 Å². The molecular weight excluding hydrogens is 385 g/mol. The standard InChI is InChI=1S/C10H25N2O9P3/c1-11(8-23(16,17)18)6-4-2-3-5-7-12(9-24(19,20)21)10(13)22(14)15/h14-15H,2-9H2,1H3,(H2,16,17,18)(H2,19,20,21). The van der Waals surface area contributed by atoms with Gasteiger partial charge in [0, 0.05) is 6.54 Å². The zero-order valence-corrected chi connectivity index (χ0v) is 16.0. The maximum Gasteiger partial charge on any atom is 0.344 e. The average molecular weight is 410 g/mol. The van der Waals surface area contributed by atoms with Gasteiger partial charge in [0.05, 0.1) is 0 Å². The molecule has 144 valence electrons. The molecule has 6 N–H and O–H groups in total. The van der Waals surface area contributed by atoms with Crippen LogP contribution >= 0.6 is 23.6 Å². The van der Waals surface area contributed by atoms with E-state index in [1.807, 2.05) is 0 Å². The summed E-state index contributed by atoms with van der Waals surface area (Å²) < 4.78 is 21.8. The van der Waals surface area contributed by atoms with Crippen LogP contribution in [0.15, 0.2) is 0 Å². The monoisotopic (exact) mass is 410 g/mol. The second-order valence-electron chi connectivity index (χ2n) is 5.44. The fraction of sp³-hybridized carbons (Fsp3) is 0.900. The fourth-order valence-corrected chi connectivity index (χ4v) is 4.02. The number of hydrogen-bond donors (Lipinski definition) is 6. The summed E-state index contributed by atoms with van der Waals surface area (Å²) in [6.45, 7) is 0.469. The Morgan fingerprint density at radius 3 is 1.75 bits per heavy atom. The molecule has 1 amide bonds. The molecule has 0 aliphatic heterocycles. The molecule has 14 heteroatoms. The highest BCUT2D eigenvalue weighted by Gasteiger charge is 2.27. The van der Waals surface area contributed by atoms with Crippen LogP contribution in [0.25, 0.3) is 0 Å². The van der Waals surface area contributed by atoms with Crippen molar-refractivity contribution in [2.75, 3.05) is 32.7 Å². The first-order valence-corrected chi connectivity index (χ1v) is 11.9. The lowest BCUT2D eigenvalue weighted by Gasteiger charge is -2.23. The summed E-state index contributed by atoms with van der Waals surface area (Å²) in [6.07, 6.45) is 1.19. The molecule has 0 radical (unpaired) electrons. The predicted octanol–water partition coefficient (Wildman–Crippen LogP) is 0.467. The summed E-state index contributed by atoms with van der Waals surface area (Å²) in [7, 11) is -9.92. The molecule has 0 aromatic carbocycles. The molecule has 0 heterocycles. The molecule has 24 heavy (non-hydrogen) atoms. The number of carbonyl (C=O) groups excluding carboxylic acids is 1. The first kappa shape index (κ1) is 24.1. The van der Waals surface area contributed by atoms with E-state index in [1.54, 1.807) is 7.05 Å². The van der Waals surface area contributed by atoms with Crippen LogP contribution < -0.4 is 0 Å². The van der Waals surface area contributed by atoms with Crippen LogP contribution in [0.3, 0.4) is 0 Å². The minimum absolute atomic E-state index is 0.0117. The summed E-state index contributed by atoms with van der Waals surface area (Å²) in [5, 5.41) is 0. The third-order valence-electron chi connectivity index (χ3n) is 2.94. The fourth-order valence-electron chi connectivity index (χ4n) is 2.00. The van der Waals surface area contributed by atoms with Crippen molar-refractivity contribution in [1.29, 1.82) is 0 Å². The SMILES string of the molecule is CN(CCCCCCN(CP(=O)(O)O)C(=O)P(O)O)CP(=O)(O)O. The first-order valence-electron chi connectivity index (χ1n) is 7.06. The molecule has 0 bridgehead atoms. The third kappa shape index (κ3) is 13.4. The van der Waals surface area contributed by atoms with Crippen LogP contribution in [0.5, 0.6) is 0 Å². The summed E-state index contributed by atoms with van der Waals surface area (Å²) in [4.78, 5) is 67.0. The van der Waals surface area contributed by atoms with E-state index >= 15 is 0 Å². The van der Waals surface area contributed by atoms with Gasteiger partial charge in [-0.15, -0.1) is 0 Å². The summed E-state index contributed by atoms with van der Waals surface area (Å²) in [6, 6.07) is 0. The number of carbonyl (C=O) groups is 1. The Bertz CT molecular complexity index is 478. The van der Waals surface area contributed by atoms with Crippen molar-refractivity contribution in [3.8, 4) is 0 Å². The molecule has 0 aromatic heterocycles. The number of unbranched alkanes of at least 4 members (excludes halogenated alkanes) is 3. The second-order valence-corrected chi connectivity index (χ2v) is 9.63. The zero-order valence-electron chi connectivity index (χ0n) is 13.3. The van der Waals surface area contributed by atoms with E-state index in [-0.39, 0.29) is 12.8 Å². The molecule has 0 aromatic rings. The highest BCUT2D eigenvalue weighted by atomic mass is 31.2. The normalized spacial score (nSPS) is 12.9. The van der Waals surface area contributed by atoms with E-state index in [1.165, 1.54) is 4.90 Å². The molecule has 0 fully saturated rings. The van der Waals surface area contributed by atoms with Crippen molar-refractivity contribution in [3.05, 3.63) is 0 Å². The Morgan fingerprint density at radius 2 is 1.33 bits per heavy atom. The molecule has 0 saturated carbocycles. The number of rotatable bonds is 12. The number of hydrogen-bond acceptors (Lipinski definition) is 6. The van der Waals surface area contributed by atoms with Crippen LogP contribution in [0.2, 0.25) is 0 Å². The maximum absolute atomic E-state index is 11.5. The molecule has 0 saturated heterocycles. The average Bonchev–Trinajstić information content (AvgIpc) is 2.36. The van der Waals surface area contributed by atoms with Gasteiger partial charge in [-0.05, 0) is 26.4 Å². The van der Waals surface area contributed by atoms with Crippen molar-refractivity contribution in [1.82, 2.24) is 9.80 Å². The Kier molecular flexibility index (Phi) is 11.0. The molecule has 0 atom stereocenters. The van der Waals surface area contributed by atoms with Gasteiger partial charge >= 0.3 is 20.8 Å². The molecule has 11 nitrogen and oxygen atoms in total. The Balaban J connectivity index is 4.10. The van der Waals surface area contributed by atoms with Gasteiger partial charge in [-0.25, -0.2) is 0 Å². The van der Waals surface area contributed by atoms with Gasteiger partial charge in [-0.3, -0.25) is 18.8 Å². The number of nitrogens with zero attached hydrogens (tertiary/aromatic N) is 2. The summed E-state index contributed by atoms with van der Waals surface area (Å²) >= 11 is 0. The lowest BCUT2D eigenvalue weighted by Crippen LogP contribution is -2.30. The molecule has 0 unspecified atom stereocenters. The van der Waals surface area contributed by atoms with Crippen LogP contribution in [0.4, 0.5) is 4.79 Å². The Hall–Kier alpha value is 0.0800. The summed E-state index contributed by atoms with van der Waals surface area (Å²) in [5.74, 6) is 0. The van der Waals surface area contributed by atoms with E-state index in [0.717, 1.165) is 4.90 Å². The highest BCUT2D eigenvalue weighted by Crippen LogP contribution is 2.38. The van der Waals surface area contributed by atoms with E-state index < -0.39 is 35.5 Å². The lowest BCUT2D eigenvalue weighted by atomic mass is 10.2. The third-order valence-corrected chi connectivity index (χ3v) is 5.13. The molecule has 0 aliphatic carbocycles. The van der Waals surface area contributed by atoms with Crippen LogP contribution in [0.1, 0.15) is 25.7 Å². The smallest absolute Gasteiger partial charge is 0.343 e.